The van der Waals surface area contributed by atoms with Gasteiger partial charge in [0.2, 0.25) is 5.91 Å². The lowest BCUT2D eigenvalue weighted by Gasteiger charge is -2.14. The third kappa shape index (κ3) is 4.59. The van der Waals surface area contributed by atoms with Gasteiger partial charge in [-0.25, -0.2) is 0 Å². The quantitative estimate of drug-likeness (QED) is 0.810. The molecule has 1 aromatic rings. The highest BCUT2D eigenvalue weighted by molar-refractivity contribution is 7.10. The first kappa shape index (κ1) is 15.5. The molecule has 1 aliphatic rings. The fourth-order valence-electron chi connectivity index (χ4n) is 2.16. The Kier molecular flexibility index (Phi) is 5.78. The second-order valence-electron chi connectivity index (χ2n) is 4.75. The zero-order valence-corrected chi connectivity index (χ0v) is 12.5. The molecule has 0 aliphatic carbocycles. The molecule has 21 heavy (non-hydrogen) atoms. The van der Waals surface area contributed by atoms with E-state index in [0.29, 0.717) is 18.5 Å². The highest BCUT2D eigenvalue weighted by Gasteiger charge is 2.17. The van der Waals surface area contributed by atoms with E-state index in [1.54, 1.807) is 11.4 Å². The van der Waals surface area contributed by atoms with Crippen LogP contribution in [-0.4, -0.2) is 48.1 Å². The van der Waals surface area contributed by atoms with Crippen LogP contribution in [0.2, 0.25) is 0 Å². The van der Waals surface area contributed by atoms with Crippen LogP contribution >= 0.6 is 11.3 Å². The van der Waals surface area contributed by atoms with E-state index in [9.17, 15) is 9.59 Å². The summed E-state index contributed by atoms with van der Waals surface area (Å²) in [5.74, 6) is 5.21. The molecule has 1 saturated heterocycles. The monoisotopic (exact) mass is 306 g/mol. The van der Waals surface area contributed by atoms with Crippen LogP contribution < -0.4 is 5.32 Å². The van der Waals surface area contributed by atoms with Gasteiger partial charge < -0.3 is 15.3 Å². The molecule has 1 fully saturated rings. The van der Waals surface area contributed by atoms with Gasteiger partial charge in [-0.15, -0.1) is 11.3 Å². The number of nitrogens with one attached hydrogen (secondary N) is 1. The number of carbonyl (C=O) groups excluding carboxylic acids is 2. The van der Waals surface area contributed by atoms with Gasteiger partial charge in [0.15, 0.2) is 0 Å². The number of thiophene rings is 1. The van der Waals surface area contributed by atoms with Crippen molar-refractivity contribution in [3.63, 3.8) is 0 Å². The zero-order valence-electron chi connectivity index (χ0n) is 11.7. The van der Waals surface area contributed by atoms with Gasteiger partial charge in [0.25, 0.3) is 5.91 Å². The number of nitrogens with zero attached hydrogens (tertiary/aromatic N) is 1. The van der Waals surface area contributed by atoms with E-state index in [-0.39, 0.29) is 18.4 Å². The van der Waals surface area contributed by atoms with Crippen LogP contribution in [-0.2, 0) is 4.79 Å². The minimum Gasteiger partial charge on any atom is -0.384 e. The lowest BCUT2D eigenvalue weighted by atomic mass is 10.3. The number of hydrogen-bond donors (Lipinski definition) is 2. The third-order valence-electron chi connectivity index (χ3n) is 3.24. The van der Waals surface area contributed by atoms with Gasteiger partial charge in [0.05, 0.1) is 10.4 Å². The summed E-state index contributed by atoms with van der Waals surface area (Å²) in [6.07, 6.45) is 2.49. The molecule has 112 valence electrons. The average molecular weight is 306 g/mol. The van der Waals surface area contributed by atoms with E-state index < -0.39 is 0 Å². The molecule has 0 saturated carbocycles. The minimum atomic E-state index is -0.197. The molecule has 0 aromatic carbocycles. The molecule has 2 rings (SSSR count). The van der Waals surface area contributed by atoms with Gasteiger partial charge in [-0.05, 0) is 18.9 Å². The Bertz CT molecular complexity index is 565. The second-order valence-corrected chi connectivity index (χ2v) is 5.66. The predicted octanol–water partition coefficient (Wildman–Crippen LogP) is 0.834. The number of hydrogen-bond acceptors (Lipinski definition) is 4. The number of aliphatic hydroxyl groups is 1. The van der Waals surface area contributed by atoms with Gasteiger partial charge in [-0.3, -0.25) is 9.59 Å². The van der Waals surface area contributed by atoms with E-state index >= 15 is 0 Å². The summed E-state index contributed by atoms with van der Waals surface area (Å²) < 4.78 is 0. The molecule has 6 heteroatoms. The van der Waals surface area contributed by atoms with Crippen LogP contribution in [0.4, 0.5) is 0 Å². The summed E-state index contributed by atoms with van der Waals surface area (Å²) in [6, 6.07) is 1.69. The van der Waals surface area contributed by atoms with Gasteiger partial charge in [-0.2, -0.15) is 0 Å². The van der Waals surface area contributed by atoms with E-state index in [0.717, 1.165) is 30.8 Å². The summed E-state index contributed by atoms with van der Waals surface area (Å²) in [6.45, 7) is 1.83. The van der Waals surface area contributed by atoms with Crippen molar-refractivity contribution >= 4 is 23.2 Å². The lowest BCUT2D eigenvalue weighted by Crippen LogP contribution is -2.32. The Morgan fingerprint density at radius 3 is 2.86 bits per heavy atom. The Morgan fingerprint density at radius 2 is 2.14 bits per heavy atom. The number of aliphatic hydroxyl groups excluding tert-OH is 1. The molecule has 0 spiro atoms. The van der Waals surface area contributed by atoms with Crippen LogP contribution in [0.15, 0.2) is 11.4 Å². The summed E-state index contributed by atoms with van der Waals surface area (Å²) in [7, 11) is 0. The maximum atomic E-state index is 11.9. The smallest absolute Gasteiger partial charge is 0.252 e. The molecule has 0 bridgehead atoms. The first-order valence-corrected chi connectivity index (χ1v) is 7.83. The summed E-state index contributed by atoms with van der Waals surface area (Å²) in [4.78, 5) is 26.3. The molecule has 0 unspecified atom stereocenters. The van der Waals surface area contributed by atoms with Crippen molar-refractivity contribution in [1.29, 1.82) is 0 Å². The molecule has 2 N–H and O–H groups in total. The largest absolute Gasteiger partial charge is 0.384 e. The van der Waals surface area contributed by atoms with Crippen LogP contribution in [0.25, 0.3) is 0 Å². The molecule has 1 aliphatic heterocycles. The molecule has 5 nitrogen and oxygen atoms in total. The van der Waals surface area contributed by atoms with Crippen LogP contribution in [0.3, 0.4) is 0 Å². The second kappa shape index (κ2) is 7.81. The van der Waals surface area contributed by atoms with Gasteiger partial charge in [-0.1, -0.05) is 11.8 Å². The maximum absolute atomic E-state index is 11.9. The van der Waals surface area contributed by atoms with Crippen molar-refractivity contribution in [3.05, 3.63) is 21.9 Å². The number of carbonyl (C=O) groups is 2. The van der Waals surface area contributed by atoms with E-state index in [4.69, 9.17) is 5.11 Å². The van der Waals surface area contributed by atoms with Crippen molar-refractivity contribution in [2.24, 2.45) is 0 Å². The van der Waals surface area contributed by atoms with Crippen molar-refractivity contribution in [1.82, 2.24) is 10.2 Å². The summed E-state index contributed by atoms with van der Waals surface area (Å²) in [5.41, 5.74) is 0.538. The van der Waals surface area contributed by atoms with Crippen LogP contribution in [0.1, 0.15) is 34.5 Å². The molecule has 1 aromatic heterocycles. The van der Waals surface area contributed by atoms with Crippen molar-refractivity contribution in [2.45, 2.75) is 19.3 Å². The SMILES string of the molecule is O=C(NCCC(=O)N1CCCC1)c1csc(C#CCO)c1. The van der Waals surface area contributed by atoms with Gasteiger partial charge in [0.1, 0.15) is 6.61 Å². The van der Waals surface area contributed by atoms with Crippen molar-refractivity contribution in [3.8, 4) is 11.8 Å². The molecule has 2 amide bonds. The summed E-state index contributed by atoms with van der Waals surface area (Å²) in [5, 5.41) is 13.1. The fraction of sp³-hybridized carbons (Fsp3) is 0.467. The molecular formula is C15H18N2O3S. The third-order valence-corrected chi connectivity index (χ3v) is 4.08. The molecule has 2 heterocycles. The fourth-order valence-corrected chi connectivity index (χ4v) is 2.91. The predicted molar refractivity (Wildman–Crippen MR) is 81.0 cm³/mol. The molecule has 0 radical (unpaired) electrons. The maximum Gasteiger partial charge on any atom is 0.252 e. The normalized spacial score (nSPS) is 13.7. The average Bonchev–Trinajstić information content (AvgIpc) is 3.16. The Labute approximate surface area is 128 Å². The minimum absolute atomic E-state index is 0.104. The van der Waals surface area contributed by atoms with E-state index in [1.165, 1.54) is 11.3 Å². The van der Waals surface area contributed by atoms with Crippen LogP contribution in [0, 0.1) is 11.8 Å². The summed E-state index contributed by atoms with van der Waals surface area (Å²) >= 11 is 1.36. The van der Waals surface area contributed by atoms with E-state index in [1.807, 2.05) is 4.90 Å². The Balaban J connectivity index is 1.76. The van der Waals surface area contributed by atoms with Gasteiger partial charge >= 0.3 is 0 Å². The highest BCUT2D eigenvalue weighted by atomic mass is 32.1. The number of amides is 2. The topological polar surface area (TPSA) is 69.6 Å². The molecular weight excluding hydrogens is 288 g/mol. The van der Waals surface area contributed by atoms with Crippen molar-refractivity contribution < 1.29 is 14.7 Å². The highest BCUT2D eigenvalue weighted by Crippen LogP contribution is 2.13. The van der Waals surface area contributed by atoms with Gasteiger partial charge in [0, 0.05) is 31.4 Å². The number of rotatable bonds is 4. The lowest BCUT2D eigenvalue weighted by molar-refractivity contribution is -0.129. The standard InChI is InChI=1S/C15H18N2O3S/c18-9-3-4-13-10-12(11-21-13)15(20)16-6-5-14(19)17-7-1-2-8-17/h10-11,18H,1-2,5-9H2,(H,16,20). The van der Waals surface area contributed by atoms with Crippen molar-refractivity contribution in [2.75, 3.05) is 26.2 Å². The van der Waals surface area contributed by atoms with E-state index in [2.05, 4.69) is 17.2 Å². The Morgan fingerprint density at radius 1 is 1.38 bits per heavy atom. The number of likely N-dealkylation sites (tertiary alicyclic amines) is 1. The molecule has 0 atom stereocenters. The van der Waals surface area contributed by atoms with Crippen LogP contribution in [0.5, 0.6) is 0 Å². The first-order valence-electron chi connectivity index (χ1n) is 6.95. The Hall–Kier alpha value is -1.84. The first-order chi connectivity index (χ1) is 10.2. The zero-order chi connectivity index (χ0) is 15.1.